The summed E-state index contributed by atoms with van der Waals surface area (Å²) in [5.74, 6) is -0.523. The van der Waals surface area contributed by atoms with Gasteiger partial charge in [-0.15, -0.1) is 0 Å². The van der Waals surface area contributed by atoms with Gasteiger partial charge in [0.05, 0.1) is 7.11 Å². The zero-order chi connectivity index (χ0) is 16.4. The van der Waals surface area contributed by atoms with Crippen LogP contribution >= 0.6 is 0 Å². The Morgan fingerprint density at radius 1 is 1.17 bits per heavy atom. The van der Waals surface area contributed by atoms with Gasteiger partial charge in [0.25, 0.3) is 5.91 Å². The van der Waals surface area contributed by atoms with E-state index in [2.05, 4.69) is 6.07 Å². The second kappa shape index (κ2) is 6.05. The molecule has 0 fully saturated rings. The van der Waals surface area contributed by atoms with Gasteiger partial charge in [-0.25, -0.2) is 0 Å². The van der Waals surface area contributed by atoms with E-state index in [1.165, 1.54) is 18.2 Å². The predicted octanol–water partition coefficient (Wildman–Crippen LogP) is 2.17. The highest BCUT2D eigenvalue weighted by Crippen LogP contribution is 2.41. The summed E-state index contributed by atoms with van der Waals surface area (Å²) in [4.78, 5) is 12.2. The molecule has 0 aromatic heterocycles. The van der Waals surface area contributed by atoms with E-state index in [-0.39, 0.29) is 5.92 Å². The molecule has 1 aliphatic rings. The summed E-state index contributed by atoms with van der Waals surface area (Å²) in [6, 6.07) is 15.2. The van der Waals surface area contributed by atoms with E-state index >= 15 is 0 Å². The van der Waals surface area contributed by atoms with Gasteiger partial charge in [-0.1, -0.05) is 42.5 Å². The molecular formula is C19H21NO3. The number of benzene rings is 2. The number of methoxy groups -OCH3 is 1. The summed E-state index contributed by atoms with van der Waals surface area (Å²) in [7, 11) is 1.52. The van der Waals surface area contributed by atoms with Crippen LogP contribution in [0.1, 0.15) is 23.1 Å². The third-order valence-corrected chi connectivity index (χ3v) is 4.83. The van der Waals surface area contributed by atoms with Crippen LogP contribution in [-0.2, 0) is 23.2 Å². The van der Waals surface area contributed by atoms with Gasteiger partial charge in [0.1, 0.15) is 5.75 Å². The second-order valence-corrected chi connectivity index (χ2v) is 6.04. The average Bonchev–Trinajstić information content (AvgIpc) is 2.60. The molecule has 0 aliphatic heterocycles. The van der Waals surface area contributed by atoms with Crippen LogP contribution in [0, 0.1) is 5.92 Å². The van der Waals surface area contributed by atoms with Gasteiger partial charge >= 0.3 is 0 Å². The molecule has 2 aromatic rings. The number of carbonyl (C=O) groups excluding carboxylic acids is 1. The van der Waals surface area contributed by atoms with Gasteiger partial charge in [0, 0.05) is 11.5 Å². The molecule has 120 valence electrons. The van der Waals surface area contributed by atoms with Crippen molar-refractivity contribution in [2.24, 2.45) is 11.7 Å². The number of amides is 1. The number of aliphatic hydroxyl groups is 1. The van der Waals surface area contributed by atoms with E-state index in [0.717, 1.165) is 6.42 Å². The zero-order valence-corrected chi connectivity index (χ0v) is 13.2. The topological polar surface area (TPSA) is 72.6 Å². The molecule has 0 heterocycles. The number of carbonyl (C=O) groups is 1. The number of aryl methyl sites for hydroxylation is 1. The molecule has 0 radical (unpaired) electrons. The summed E-state index contributed by atoms with van der Waals surface area (Å²) in [5.41, 5.74) is 6.78. The molecule has 1 aliphatic carbocycles. The number of primary amides is 1. The summed E-state index contributed by atoms with van der Waals surface area (Å²) < 4.78 is 5.33. The highest BCUT2D eigenvalue weighted by Gasteiger charge is 2.46. The van der Waals surface area contributed by atoms with Gasteiger partial charge in [-0.3, -0.25) is 4.79 Å². The number of rotatable bonds is 4. The standard InChI is InChI=1S/C19H21NO3/c1-23-17-9-5-4-8-16(17)19(22,18(20)21)15-11-10-13-6-2-3-7-14(13)12-15/h2-9,15,22H,10-12H2,1H3,(H2,20,21)/t15?,19-/m1/s1. The van der Waals surface area contributed by atoms with E-state index < -0.39 is 11.5 Å². The van der Waals surface area contributed by atoms with E-state index in [4.69, 9.17) is 10.5 Å². The highest BCUT2D eigenvalue weighted by molar-refractivity contribution is 5.86. The SMILES string of the molecule is COc1ccccc1[C@@](O)(C(N)=O)C1CCc2ccccc2C1. The van der Waals surface area contributed by atoms with E-state index in [1.54, 1.807) is 24.3 Å². The second-order valence-electron chi connectivity index (χ2n) is 6.04. The van der Waals surface area contributed by atoms with Crippen LogP contribution in [0.2, 0.25) is 0 Å². The van der Waals surface area contributed by atoms with Crippen molar-refractivity contribution in [2.45, 2.75) is 24.9 Å². The van der Waals surface area contributed by atoms with Crippen molar-refractivity contribution in [3.8, 4) is 5.75 Å². The quantitative estimate of drug-likeness (QED) is 0.909. The Labute approximate surface area is 135 Å². The fourth-order valence-electron chi connectivity index (χ4n) is 3.57. The van der Waals surface area contributed by atoms with Crippen molar-refractivity contribution in [2.75, 3.05) is 7.11 Å². The van der Waals surface area contributed by atoms with Crippen molar-refractivity contribution < 1.29 is 14.6 Å². The Balaban J connectivity index is 2.04. The van der Waals surface area contributed by atoms with Crippen LogP contribution in [0.5, 0.6) is 5.75 Å². The maximum absolute atomic E-state index is 12.2. The Kier molecular flexibility index (Phi) is 4.09. The van der Waals surface area contributed by atoms with Gasteiger partial charge in [-0.2, -0.15) is 0 Å². The lowest BCUT2D eigenvalue weighted by molar-refractivity contribution is -0.144. The third kappa shape index (κ3) is 2.59. The minimum Gasteiger partial charge on any atom is -0.496 e. The first-order valence-electron chi connectivity index (χ1n) is 7.80. The molecule has 0 saturated carbocycles. The Morgan fingerprint density at radius 3 is 2.52 bits per heavy atom. The first kappa shape index (κ1) is 15.6. The highest BCUT2D eigenvalue weighted by atomic mass is 16.5. The lowest BCUT2D eigenvalue weighted by Gasteiger charge is -2.37. The minimum atomic E-state index is -1.74. The number of nitrogens with two attached hydrogens (primary N) is 1. The van der Waals surface area contributed by atoms with Gasteiger partial charge in [0.2, 0.25) is 0 Å². The molecule has 3 rings (SSSR count). The number of ether oxygens (including phenoxy) is 1. The first-order chi connectivity index (χ1) is 11.1. The third-order valence-electron chi connectivity index (χ3n) is 4.83. The van der Waals surface area contributed by atoms with Crippen LogP contribution in [-0.4, -0.2) is 18.1 Å². The van der Waals surface area contributed by atoms with Crippen molar-refractivity contribution in [1.82, 2.24) is 0 Å². The molecule has 1 unspecified atom stereocenters. The van der Waals surface area contributed by atoms with Gasteiger partial charge in [0.15, 0.2) is 5.60 Å². The summed E-state index contributed by atoms with van der Waals surface area (Å²) in [6.45, 7) is 0. The Morgan fingerprint density at radius 2 is 1.83 bits per heavy atom. The normalized spacial score (nSPS) is 19.5. The molecule has 2 atom stereocenters. The Bertz CT molecular complexity index is 728. The summed E-state index contributed by atoms with van der Waals surface area (Å²) >= 11 is 0. The predicted molar refractivity (Wildman–Crippen MR) is 88.0 cm³/mol. The fraction of sp³-hybridized carbons (Fsp3) is 0.316. The van der Waals surface area contributed by atoms with E-state index in [1.807, 2.05) is 18.2 Å². The number of hydrogen-bond donors (Lipinski definition) is 2. The fourth-order valence-corrected chi connectivity index (χ4v) is 3.57. The molecule has 0 spiro atoms. The lowest BCUT2D eigenvalue weighted by Crippen LogP contribution is -2.49. The van der Waals surface area contributed by atoms with Crippen LogP contribution < -0.4 is 10.5 Å². The number of hydrogen-bond acceptors (Lipinski definition) is 3. The van der Waals surface area contributed by atoms with Gasteiger partial charge < -0.3 is 15.6 Å². The molecule has 4 heteroatoms. The maximum Gasteiger partial charge on any atom is 0.254 e. The first-order valence-corrected chi connectivity index (χ1v) is 7.80. The van der Waals surface area contributed by atoms with Gasteiger partial charge in [-0.05, 0) is 36.5 Å². The van der Waals surface area contributed by atoms with Crippen LogP contribution in [0.3, 0.4) is 0 Å². The molecule has 3 N–H and O–H groups in total. The maximum atomic E-state index is 12.2. The summed E-state index contributed by atoms with van der Waals surface area (Å²) in [6.07, 6.45) is 2.15. The van der Waals surface area contributed by atoms with E-state index in [9.17, 15) is 9.90 Å². The van der Waals surface area contributed by atoms with Crippen molar-refractivity contribution in [1.29, 1.82) is 0 Å². The van der Waals surface area contributed by atoms with Crippen molar-refractivity contribution in [3.05, 3.63) is 65.2 Å². The van der Waals surface area contributed by atoms with Crippen LogP contribution in [0.4, 0.5) is 0 Å². The molecule has 0 bridgehead atoms. The van der Waals surface area contributed by atoms with Crippen LogP contribution in [0.25, 0.3) is 0 Å². The number of para-hydroxylation sites is 1. The number of fused-ring (bicyclic) bond motifs is 1. The molecule has 2 aromatic carbocycles. The zero-order valence-electron chi connectivity index (χ0n) is 13.2. The molecule has 0 saturated heterocycles. The molecular weight excluding hydrogens is 290 g/mol. The van der Waals surface area contributed by atoms with Crippen molar-refractivity contribution >= 4 is 5.91 Å². The Hall–Kier alpha value is -2.33. The van der Waals surface area contributed by atoms with E-state index in [0.29, 0.717) is 24.2 Å². The molecule has 4 nitrogen and oxygen atoms in total. The summed E-state index contributed by atoms with van der Waals surface area (Å²) in [5, 5.41) is 11.3. The largest absolute Gasteiger partial charge is 0.496 e. The minimum absolute atomic E-state index is 0.272. The van der Waals surface area contributed by atoms with Crippen molar-refractivity contribution in [3.63, 3.8) is 0 Å². The lowest BCUT2D eigenvalue weighted by atomic mass is 9.71. The average molecular weight is 311 g/mol. The molecule has 23 heavy (non-hydrogen) atoms. The smallest absolute Gasteiger partial charge is 0.254 e. The monoisotopic (exact) mass is 311 g/mol. The van der Waals surface area contributed by atoms with Crippen LogP contribution in [0.15, 0.2) is 48.5 Å². The molecule has 1 amide bonds.